The smallest absolute Gasteiger partial charge is 0.225 e. The lowest BCUT2D eigenvalue weighted by atomic mass is 10.1. The van der Waals surface area contributed by atoms with Gasteiger partial charge in [0.1, 0.15) is 11.6 Å². The van der Waals surface area contributed by atoms with Crippen molar-refractivity contribution in [3.63, 3.8) is 0 Å². The summed E-state index contributed by atoms with van der Waals surface area (Å²) in [6, 6.07) is 13.7. The molecule has 2 aromatic heterocycles. The van der Waals surface area contributed by atoms with Crippen LogP contribution in [0.2, 0.25) is 10.0 Å². The number of benzene rings is 2. The maximum absolute atomic E-state index is 12.6. The maximum Gasteiger partial charge on any atom is 0.225 e. The summed E-state index contributed by atoms with van der Waals surface area (Å²) in [4.78, 5) is 28.8. The molecule has 0 bridgehead atoms. The Morgan fingerprint density at radius 3 is 2.69 bits per heavy atom. The Kier molecular flexibility index (Phi) is 6.05. The van der Waals surface area contributed by atoms with Gasteiger partial charge >= 0.3 is 0 Å². The first-order valence-electron chi connectivity index (χ1n) is 12.3. The molecule has 36 heavy (non-hydrogen) atoms. The van der Waals surface area contributed by atoms with Gasteiger partial charge in [-0.3, -0.25) is 9.36 Å². The Morgan fingerprint density at radius 1 is 1.03 bits per heavy atom. The summed E-state index contributed by atoms with van der Waals surface area (Å²) in [5, 5.41) is 4.44. The first-order valence-corrected chi connectivity index (χ1v) is 13.0. The fourth-order valence-corrected chi connectivity index (χ4v) is 5.15. The van der Waals surface area contributed by atoms with E-state index in [1.54, 1.807) is 12.3 Å². The monoisotopic (exact) mass is 520 g/mol. The zero-order valence-electron chi connectivity index (χ0n) is 19.9. The fourth-order valence-electron chi connectivity index (χ4n) is 4.86. The van der Waals surface area contributed by atoms with E-state index in [9.17, 15) is 4.79 Å². The molecule has 1 amide bonds. The summed E-state index contributed by atoms with van der Waals surface area (Å²) in [5.74, 6) is 2.48. The molecule has 9 heteroatoms. The second kappa shape index (κ2) is 9.37. The van der Waals surface area contributed by atoms with Crippen LogP contribution in [0.25, 0.3) is 28.2 Å². The molecule has 184 valence electrons. The summed E-state index contributed by atoms with van der Waals surface area (Å²) in [5.41, 5.74) is 3.77. The molecule has 1 N–H and O–H groups in total. The third-order valence-corrected chi connectivity index (χ3v) is 7.59. The second-order valence-corrected chi connectivity index (χ2v) is 10.5. The molecule has 2 fully saturated rings. The van der Waals surface area contributed by atoms with E-state index in [-0.39, 0.29) is 12.0 Å². The topological polar surface area (TPSA) is 75.9 Å². The van der Waals surface area contributed by atoms with Crippen LogP contribution in [0.5, 0.6) is 0 Å². The number of nitrogens with zero attached hydrogens (tertiary/aromatic N) is 5. The van der Waals surface area contributed by atoms with Crippen LogP contribution in [-0.4, -0.2) is 49.5 Å². The van der Waals surface area contributed by atoms with Crippen LogP contribution in [0.3, 0.4) is 0 Å². The van der Waals surface area contributed by atoms with Crippen molar-refractivity contribution in [2.24, 2.45) is 5.92 Å². The van der Waals surface area contributed by atoms with E-state index >= 15 is 0 Å². The van der Waals surface area contributed by atoms with Crippen LogP contribution in [0.15, 0.2) is 48.7 Å². The number of fused-ring (bicyclic) bond motifs is 1. The summed E-state index contributed by atoms with van der Waals surface area (Å²) in [7, 11) is 0. The number of hydrogen-bond acceptors (Lipinski definition) is 5. The van der Waals surface area contributed by atoms with Gasteiger partial charge in [-0.25, -0.2) is 9.97 Å². The minimum atomic E-state index is 0.119. The Bertz CT molecular complexity index is 1460. The molecule has 1 atom stereocenters. The molecular weight excluding hydrogens is 495 g/mol. The van der Waals surface area contributed by atoms with Crippen molar-refractivity contribution in [2.45, 2.75) is 38.6 Å². The van der Waals surface area contributed by atoms with E-state index in [1.165, 1.54) is 0 Å². The van der Waals surface area contributed by atoms with Gasteiger partial charge in [0.05, 0.1) is 21.1 Å². The lowest BCUT2D eigenvalue weighted by Gasteiger charge is -2.33. The number of piperidine rings is 1. The fraction of sp³-hybridized carbons (Fsp3) is 0.333. The zero-order valence-corrected chi connectivity index (χ0v) is 21.4. The average Bonchev–Trinajstić information content (AvgIpc) is 3.66. The number of amides is 1. The number of nitrogens with one attached hydrogen (secondary N) is 1. The van der Waals surface area contributed by atoms with Gasteiger partial charge in [-0.2, -0.15) is 4.98 Å². The highest BCUT2D eigenvalue weighted by Crippen LogP contribution is 2.33. The molecule has 1 saturated carbocycles. The van der Waals surface area contributed by atoms with Crippen molar-refractivity contribution in [2.75, 3.05) is 18.4 Å². The van der Waals surface area contributed by atoms with Crippen LogP contribution < -0.4 is 5.32 Å². The van der Waals surface area contributed by atoms with Crippen LogP contribution in [-0.2, 0) is 4.79 Å². The Morgan fingerprint density at radius 2 is 1.89 bits per heavy atom. The van der Waals surface area contributed by atoms with Crippen molar-refractivity contribution in [1.82, 2.24) is 24.4 Å². The van der Waals surface area contributed by atoms with Gasteiger partial charge < -0.3 is 10.2 Å². The Hall–Kier alpha value is -3.16. The van der Waals surface area contributed by atoms with Gasteiger partial charge in [0.25, 0.3) is 0 Å². The molecule has 7 nitrogen and oxygen atoms in total. The normalized spacial score (nSPS) is 18.0. The number of imidazole rings is 1. The molecule has 0 unspecified atom stereocenters. The summed E-state index contributed by atoms with van der Waals surface area (Å²) >= 11 is 12.5. The lowest BCUT2D eigenvalue weighted by Crippen LogP contribution is -2.45. The highest BCUT2D eigenvalue weighted by atomic mass is 35.5. The molecule has 6 rings (SSSR count). The number of aromatic nitrogens is 4. The van der Waals surface area contributed by atoms with Gasteiger partial charge in [0, 0.05) is 36.8 Å². The SMILES string of the molecule is Cc1ccc2nc(-c3ccc(Cl)c(Cl)c3)n(-c3ccnc(N[C@H]4CCCN(C(=O)C5CC5)C4)n3)c2c1. The number of hydrogen-bond donors (Lipinski definition) is 1. The number of carbonyl (C=O) groups excluding carboxylic acids is 1. The first-order chi connectivity index (χ1) is 17.5. The van der Waals surface area contributed by atoms with Gasteiger partial charge in [0.2, 0.25) is 11.9 Å². The summed E-state index contributed by atoms with van der Waals surface area (Å²) < 4.78 is 2.03. The van der Waals surface area contributed by atoms with Crippen LogP contribution >= 0.6 is 23.2 Å². The number of aryl methyl sites for hydroxylation is 1. The number of likely N-dealkylation sites (tertiary alicyclic amines) is 1. The third-order valence-electron chi connectivity index (χ3n) is 6.85. The van der Waals surface area contributed by atoms with Gasteiger partial charge in [-0.05, 0) is 74.6 Å². The molecule has 3 heterocycles. The molecule has 1 aliphatic heterocycles. The van der Waals surface area contributed by atoms with Crippen molar-refractivity contribution in [3.05, 3.63) is 64.3 Å². The van der Waals surface area contributed by atoms with E-state index < -0.39 is 0 Å². The number of anilines is 1. The summed E-state index contributed by atoms with van der Waals surface area (Å²) in [6.45, 7) is 3.58. The standard InChI is InChI=1S/C27H26Cl2N6O/c1-16-4-9-22-23(13-16)35(25(32-22)18-7-8-20(28)21(29)14-18)24-10-11-30-27(33-24)31-19-3-2-12-34(15-19)26(36)17-5-6-17/h4,7-11,13-14,17,19H,2-3,5-6,12,15H2,1H3,(H,30,31,33)/t19-/m0/s1. The second-order valence-electron chi connectivity index (χ2n) is 9.67. The maximum atomic E-state index is 12.6. The molecular formula is C27H26Cl2N6O. The van der Waals surface area contributed by atoms with E-state index in [0.29, 0.717) is 34.3 Å². The molecule has 1 saturated heterocycles. The molecule has 4 aromatic rings. The predicted molar refractivity (Wildman–Crippen MR) is 143 cm³/mol. The highest BCUT2D eigenvalue weighted by Gasteiger charge is 2.35. The van der Waals surface area contributed by atoms with Crippen molar-refractivity contribution < 1.29 is 4.79 Å². The van der Waals surface area contributed by atoms with Gasteiger partial charge in [0.15, 0.2) is 0 Å². The Balaban J connectivity index is 1.35. The third kappa shape index (κ3) is 4.53. The first kappa shape index (κ1) is 23.3. The highest BCUT2D eigenvalue weighted by molar-refractivity contribution is 6.42. The van der Waals surface area contributed by atoms with Gasteiger partial charge in [-0.1, -0.05) is 29.3 Å². The quantitative estimate of drug-likeness (QED) is 0.353. The minimum absolute atomic E-state index is 0.119. The lowest BCUT2D eigenvalue weighted by molar-refractivity contribution is -0.133. The molecule has 2 aromatic carbocycles. The molecule has 0 radical (unpaired) electrons. The van der Waals surface area contributed by atoms with E-state index in [1.807, 2.05) is 39.8 Å². The number of rotatable bonds is 5. The largest absolute Gasteiger partial charge is 0.350 e. The zero-order chi connectivity index (χ0) is 24.8. The van der Waals surface area contributed by atoms with E-state index in [0.717, 1.165) is 60.2 Å². The molecule has 2 aliphatic rings. The van der Waals surface area contributed by atoms with Crippen LogP contribution in [0, 0.1) is 12.8 Å². The van der Waals surface area contributed by atoms with Gasteiger partial charge in [-0.15, -0.1) is 0 Å². The average molecular weight is 521 g/mol. The van der Waals surface area contributed by atoms with Crippen molar-refractivity contribution in [3.8, 4) is 17.2 Å². The van der Waals surface area contributed by atoms with Crippen molar-refractivity contribution in [1.29, 1.82) is 0 Å². The van der Waals surface area contributed by atoms with E-state index in [2.05, 4.69) is 23.3 Å². The molecule has 1 aliphatic carbocycles. The minimum Gasteiger partial charge on any atom is -0.350 e. The summed E-state index contributed by atoms with van der Waals surface area (Å²) in [6.07, 6.45) is 5.75. The predicted octanol–water partition coefficient (Wildman–Crippen LogP) is 5.91. The number of halogens is 2. The van der Waals surface area contributed by atoms with E-state index in [4.69, 9.17) is 33.2 Å². The molecule has 0 spiro atoms. The van der Waals surface area contributed by atoms with Crippen LogP contribution in [0.4, 0.5) is 5.95 Å². The number of carbonyl (C=O) groups is 1. The van der Waals surface area contributed by atoms with Crippen molar-refractivity contribution >= 4 is 46.1 Å². The van der Waals surface area contributed by atoms with Crippen LogP contribution in [0.1, 0.15) is 31.2 Å². The Labute approximate surface area is 219 Å².